The second-order valence-electron chi connectivity index (χ2n) is 8.40. The fourth-order valence-electron chi connectivity index (χ4n) is 4.49. The Kier molecular flexibility index (Phi) is 4.91. The first-order chi connectivity index (χ1) is 14.8. The average Bonchev–Trinajstić information content (AvgIpc) is 3.34. The molecule has 2 aliphatic heterocycles. The predicted octanol–water partition coefficient (Wildman–Crippen LogP) is 2.01. The average molecular weight is 447 g/mol. The summed E-state index contributed by atoms with van der Waals surface area (Å²) in [7, 11) is 0. The van der Waals surface area contributed by atoms with Crippen LogP contribution in [0.3, 0.4) is 0 Å². The normalized spacial score (nSPS) is 32.6. The third-order valence-electron chi connectivity index (χ3n) is 6.26. The van der Waals surface area contributed by atoms with E-state index >= 15 is 0 Å². The molecule has 5 atom stereocenters. The van der Waals surface area contributed by atoms with Gasteiger partial charge in [0.05, 0.1) is 13.2 Å². The van der Waals surface area contributed by atoms with Crippen LogP contribution in [0, 0.1) is 6.92 Å². The molecule has 0 saturated carbocycles. The Hall–Kier alpha value is -1.97. The zero-order valence-electron chi connectivity index (χ0n) is 16.8. The van der Waals surface area contributed by atoms with E-state index in [0.717, 1.165) is 22.3 Å². The molecule has 1 aromatic heterocycles. The van der Waals surface area contributed by atoms with Crippen molar-refractivity contribution in [2.24, 2.45) is 0 Å². The fourth-order valence-corrected chi connectivity index (χ4v) is 4.68. The highest BCUT2D eigenvalue weighted by Gasteiger charge is 2.67. The molecule has 0 amide bonds. The molecule has 3 aromatic rings. The molecular weight excluding hydrogens is 424 g/mol. The summed E-state index contributed by atoms with van der Waals surface area (Å²) in [4.78, 5) is 0. The number of aryl methyl sites for hydroxylation is 1. The molecule has 4 N–H and O–H groups in total. The lowest BCUT2D eigenvalue weighted by atomic mass is 9.83. The lowest BCUT2D eigenvalue weighted by Gasteiger charge is -2.46. The highest BCUT2D eigenvalue weighted by Crippen LogP contribution is 2.49. The molecule has 7 nitrogen and oxygen atoms in total. The summed E-state index contributed by atoms with van der Waals surface area (Å²) in [6, 6.07) is 12.9. The van der Waals surface area contributed by atoms with Crippen molar-refractivity contribution in [2.75, 3.05) is 13.2 Å². The van der Waals surface area contributed by atoms with Gasteiger partial charge in [0.1, 0.15) is 35.3 Å². The smallest absolute Gasteiger partial charge is 0.225 e. The first-order valence-electron chi connectivity index (χ1n) is 10.1. The number of hydrogen-bond donors (Lipinski definition) is 4. The van der Waals surface area contributed by atoms with Gasteiger partial charge in [0.2, 0.25) is 5.79 Å². The predicted molar refractivity (Wildman–Crippen MR) is 112 cm³/mol. The monoisotopic (exact) mass is 446 g/mol. The van der Waals surface area contributed by atoms with Gasteiger partial charge in [-0.05, 0) is 42.8 Å². The molecule has 2 saturated heterocycles. The second-order valence-corrected chi connectivity index (χ2v) is 8.81. The van der Waals surface area contributed by atoms with Gasteiger partial charge in [0.25, 0.3) is 0 Å². The molecule has 164 valence electrons. The summed E-state index contributed by atoms with van der Waals surface area (Å²) in [5.41, 5.74) is 1.53. The highest BCUT2D eigenvalue weighted by molar-refractivity contribution is 6.31. The van der Waals surface area contributed by atoms with E-state index in [9.17, 15) is 20.4 Å². The lowest BCUT2D eigenvalue weighted by molar-refractivity contribution is -0.329. The van der Waals surface area contributed by atoms with Crippen molar-refractivity contribution in [1.82, 2.24) is 0 Å². The molecule has 0 radical (unpaired) electrons. The zero-order valence-corrected chi connectivity index (χ0v) is 17.5. The van der Waals surface area contributed by atoms with E-state index in [1.165, 1.54) is 0 Å². The number of aliphatic hydroxyl groups excluding tert-OH is 4. The van der Waals surface area contributed by atoms with Crippen LogP contribution in [0.25, 0.3) is 11.0 Å². The van der Waals surface area contributed by atoms with Gasteiger partial charge in [0, 0.05) is 22.4 Å². The number of furan rings is 1. The van der Waals surface area contributed by atoms with E-state index in [-0.39, 0.29) is 6.61 Å². The molecular formula is C23H23ClO7. The molecule has 8 heteroatoms. The Morgan fingerprint density at radius 1 is 1.06 bits per heavy atom. The number of hydrogen-bond acceptors (Lipinski definition) is 7. The maximum absolute atomic E-state index is 10.7. The molecule has 0 unspecified atom stereocenters. The van der Waals surface area contributed by atoms with Gasteiger partial charge in [0.15, 0.2) is 0 Å². The SMILES string of the molecule is Cc1ccc2oc(Cc3cc([C@]45OC[C@](CO)(O4)[C@@H](O)[C@H](O)[C@H]5O)ccc3Cl)cc2c1. The first-order valence-corrected chi connectivity index (χ1v) is 10.4. The quantitative estimate of drug-likeness (QED) is 0.485. The van der Waals surface area contributed by atoms with Crippen molar-refractivity contribution in [1.29, 1.82) is 0 Å². The third kappa shape index (κ3) is 3.12. The summed E-state index contributed by atoms with van der Waals surface area (Å²) in [5.74, 6) is -1.01. The fraction of sp³-hybridized carbons (Fsp3) is 0.391. The molecule has 3 heterocycles. The lowest BCUT2D eigenvalue weighted by Crippen LogP contribution is -2.65. The number of rotatable bonds is 4. The van der Waals surface area contributed by atoms with Crippen LogP contribution in [0.1, 0.15) is 22.5 Å². The zero-order chi connectivity index (χ0) is 22.0. The summed E-state index contributed by atoms with van der Waals surface area (Å²) in [6.07, 6.45) is -4.22. The Labute approximate surface area is 183 Å². The van der Waals surface area contributed by atoms with E-state index in [0.29, 0.717) is 22.6 Å². The van der Waals surface area contributed by atoms with Crippen LogP contribution in [0.4, 0.5) is 0 Å². The van der Waals surface area contributed by atoms with E-state index in [4.69, 9.17) is 25.5 Å². The van der Waals surface area contributed by atoms with Crippen LogP contribution in [0.2, 0.25) is 5.02 Å². The second kappa shape index (κ2) is 7.28. The van der Waals surface area contributed by atoms with E-state index in [1.54, 1.807) is 18.2 Å². The van der Waals surface area contributed by atoms with Crippen LogP contribution >= 0.6 is 11.6 Å². The van der Waals surface area contributed by atoms with Crippen LogP contribution in [-0.2, 0) is 21.7 Å². The maximum Gasteiger partial charge on any atom is 0.225 e. The molecule has 2 fully saturated rings. The molecule has 0 spiro atoms. The summed E-state index contributed by atoms with van der Waals surface area (Å²) >= 11 is 6.44. The van der Waals surface area contributed by atoms with E-state index in [1.807, 2.05) is 31.2 Å². The van der Waals surface area contributed by atoms with Crippen LogP contribution < -0.4 is 0 Å². The largest absolute Gasteiger partial charge is 0.461 e. The van der Waals surface area contributed by atoms with Crippen LogP contribution in [0.15, 0.2) is 46.9 Å². The van der Waals surface area contributed by atoms with Gasteiger partial charge in [-0.3, -0.25) is 0 Å². The van der Waals surface area contributed by atoms with Crippen LogP contribution in [-0.4, -0.2) is 57.6 Å². The Bertz CT molecular complexity index is 1140. The minimum Gasteiger partial charge on any atom is -0.461 e. The topological polar surface area (TPSA) is 113 Å². The highest BCUT2D eigenvalue weighted by atomic mass is 35.5. The number of halogens is 1. The van der Waals surface area contributed by atoms with Crippen molar-refractivity contribution in [2.45, 2.75) is 43.0 Å². The van der Waals surface area contributed by atoms with Crippen molar-refractivity contribution < 1.29 is 34.3 Å². The van der Waals surface area contributed by atoms with Crippen molar-refractivity contribution in [3.63, 3.8) is 0 Å². The van der Waals surface area contributed by atoms with Gasteiger partial charge in [-0.1, -0.05) is 29.3 Å². The minimum absolute atomic E-state index is 0.181. The molecule has 2 aromatic carbocycles. The Morgan fingerprint density at radius 2 is 1.87 bits per heavy atom. The maximum atomic E-state index is 10.7. The van der Waals surface area contributed by atoms with Gasteiger partial charge >= 0.3 is 0 Å². The summed E-state index contributed by atoms with van der Waals surface area (Å²) < 4.78 is 17.6. The van der Waals surface area contributed by atoms with Crippen LogP contribution in [0.5, 0.6) is 0 Å². The number of fused-ring (bicyclic) bond motifs is 3. The Morgan fingerprint density at radius 3 is 2.65 bits per heavy atom. The van der Waals surface area contributed by atoms with E-state index < -0.39 is 36.3 Å². The molecule has 0 aliphatic carbocycles. The number of ether oxygens (including phenoxy) is 2. The van der Waals surface area contributed by atoms with Gasteiger partial charge in [-0.25, -0.2) is 0 Å². The third-order valence-corrected chi connectivity index (χ3v) is 6.63. The van der Waals surface area contributed by atoms with Gasteiger partial charge in [-0.2, -0.15) is 0 Å². The van der Waals surface area contributed by atoms with Gasteiger partial charge in [-0.15, -0.1) is 0 Å². The van der Waals surface area contributed by atoms with E-state index in [2.05, 4.69) is 0 Å². The van der Waals surface area contributed by atoms with Crippen molar-refractivity contribution >= 4 is 22.6 Å². The first kappa shape index (κ1) is 20.9. The molecule has 5 rings (SSSR count). The summed E-state index contributed by atoms with van der Waals surface area (Å²) in [5, 5.41) is 42.7. The molecule has 2 aliphatic rings. The van der Waals surface area contributed by atoms with Crippen molar-refractivity contribution in [3.05, 3.63) is 69.9 Å². The minimum atomic E-state index is -1.73. The molecule has 31 heavy (non-hydrogen) atoms. The molecule has 2 bridgehead atoms. The van der Waals surface area contributed by atoms with Crippen molar-refractivity contribution in [3.8, 4) is 0 Å². The Balaban J connectivity index is 1.52. The van der Waals surface area contributed by atoms with Gasteiger partial charge < -0.3 is 34.3 Å². The number of benzene rings is 2. The number of aliphatic hydroxyl groups is 4. The standard InChI is InChI=1S/C23H23ClO7/c1-12-2-5-18-14(6-12)9-16(30-18)8-13-7-15(3-4-17(13)24)23-21(28)19(26)20(27)22(10-25,31-23)11-29-23/h2-7,9,19-21,25-28H,8,10-11H2,1H3/t19-,20-,21+,22-,23-/m0/s1. The summed E-state index contributed by atoms with van der Waals surface area (Å²) in [6.45, 7) is 1.26.